The highest BCUT2D eigenvalue weighted by atomic mass is 35.5. The van der Waals surface area contributed by atoms with Crippen molar-refractivity contribution >= 4 is 41.2 Å². The van der Waals surface area contributed by atoms with Crippen LogP contribution in [0.25, 0.3) is 0 Å². The van der Waals surface area contributed by atoms with Gasteiger partial charge in [0.2, 0.25) is 5.16 Å². The molecule has 0 amide bonds. The second kappa shape index (κ2) is 7.79. The molecule has 2 aromatic heterocycles. The van der Waals surface area contributed by atoms with E-state index in [4.69, 9.17) is 23.2 Å². The van der Waals surface area contributed by atoms with Gasteiger partial charge in [0.25, 0.3) is 0 Å². The smallest absolute Gasteiger partial charge is 0.212 e. The summed E-state index contributed by atoms with van der Waals surface area (Å²) in [5.41, 5.74) is 1.89. The van der Waals surface area contributed by atoms with Crippen molar-refractivity contribution in [2.75, 3.05) is 0 Å². The Morgan fingerprint density at radius 3 is 2.88 bits per heavy atom. The van der Waals surface area contributed by atoms with Gasteiger partial charge < -0.3 is 0 Å². The summed E-state index contributed by atoms with van der Waals surface area (Å²) in [7, 11) is 0. The van der Waals surface area contributed by atoms with Crippen molar-refractivity contribution in [1.82, 2.24) is 19.9 Å². The van der Waals surface area contributed by atoms with Crippen LogP contribution in [-0.4, -0.2) is 26.1 Å². The van der Waals surface area contributed by atoms with Gasteiger partial charge in [0.1, 0.15) is 0 Å². The normalized spacial score (nSPS) is 11.3. The third kappa shape index (κ3) is 4.14. The van der Waals surface area contributed by atoms with Crippen LogP contribution in [0.2, 0.25) is 10.0 Å². The molecule has 0 aliphatic carbocycles. The van der Waals surface area contributed by atoms with Gasteiger partial charge in [-0.15, -0.1) is 10.2 Å². The Kier molecular flexibility index (Phi) is 5.50. The van der Waals surface area contributed by atoms with Crippen molar-refractivity contribution in [3.05, 3.63) is 69.7 Å². The predicted octanol–water partition coefficient (Wildman–Crippen LogP) is 4.46. The first-order valence-corrected chi connectivity index (χ1v) is 8.81. The molecule has 0 saturated carbocycles. The van der Waals surface area contributed by atoms with Crippen LogP contribution in [0.3, 0.4) is 0 Å². The number of hydrogen-bond acceptors (Lipinski definition) is 5. The lowest BCUT2D eigenvalue weighted by molar-refractivity contribution is 0.744. The van der Waals surface area contributed by atoms with Gasteiger partial charge in [0, 0.05) is 33.8 Å². The maximum Gasteiger partial charge on any atom is 0.212 e. The molecule has 1 aromatic carbocycles. The average molecular weight is 378 g/mol. The molecule has 0 spiro atoms. The Morgan fingerprint density at radius 1 is 1.25 bits per heavy atom. The minimum atomic E-state index is 0.619. The summed E-state index contributed by atoms with van der Waals surface area (Å²) in [6.07, 6.45) is 5.19. The lowest BCUT2D eigenvalue weighted by Gasteiger charge is -2.05. The number of aromatic nitrogens is 4. The van der Waals surface area contributed by atoms with E-state index in [1.165, 1.54) is 11.8 Å². The molecule has 0 radical (unpaired) electrons. The molecule has 24 heavy (non-hydrogen) atoms. The van der Waals surface area contributed by atoms with E-state index in [1.807, 2.05) is 31.2 Å². The molecule has 3 aromatic rings. The average Bonchev–Trinajstić information content (AvgIpc) is 2.93. The van der Waals surface area contributed by atoms with E-state index in [9.17, 15) is 0 Å². The molecular weight excluding hydrogens is 365 g/mol. The zero-order valence-electron chi connectivity index (χ0n) is 12.7. The van der Waals surface area contributed by atoms with Crippen LogP contribution in [-0.2, 0) is 5.75 Å². The number of halogens is 2. The SMILES string of the molecule is Cc1nnc(SCc2ccc(Cl)cc2Cl)n1/N=C/c1cccnc1. The van der Waals surface area contributed by atoms with Gasteiger partial charge in [-0.1, -0.05) is 47.1 Å². The summed E-state index contributed by atoms with van der Waals surface area (Å²) in [5, 5.41) is 14.6. The van der Waals surface area contributed by atoms with Crippen molar-refractivity contribution in [3.8, 4) is 0 Å². The Hall–Kier alpha value is -1.89. The third-order valence-corrected chi connectivity index (χ3v) is 4.70. The van der Waals surface area contributed by atoms with Crippen molar-refractivity contribution in [1.29, 1.82) is 0 Å². The molecule has 0 unspecified atom stereocenters. The first-order chi connectivity index (χ1) is 11.6. The lowest BCUT2D eigenvalue weighted by atomic mass is 10.2. The third-order valence-electron chi connectivity index (χ3n) is 3.15. The molecule has 3 rings (SSSR count). The maximum atomic E-state index is 6.20. The van der Waals surface area contributed by atoms with Gasteiger partial charge in [0.05, 0.1) is 6.21 Å². The Balaban J connectivity index is 1.76. The van der Waals surface area contributed by atoms with Crippen LogP contribution >= 0.6 is 35.0 Å². The number of rotatable bonds is 5. The number of aryl methyl sites for hydroxylation is 1. The highest BCUT2D eigenvalue weighted by Crippen LogP contribution is 2.28. The van der Waals surface area contributed by atoms with Crippen molar-refractivity contribution in [2.45, 2.75) is 17.8 Å². The summed E-state index contributed by atoms with van der Waals surface area (Å²) >= 11 is 13.6. The predicted molar refractivity (Wildman–Crippen MR) is 98.0 cm³/mol. The zero-order valence-corrected chi connectivity index (χ0v) is 15.1. The lowest BCUT2D eigenvalue weighted by Crippen LogP contribution is -1.96. The summed E-state index contributed by atoms with van der Waals surface area (Å²) in [4.78, 5) is 4.06. The summed E-state index contributed by atoms with van der Waals surface area (Å²) < 4.78 is 1.70. The highest BCUT2D eigenvalue weighted by Gasteiger charge is 2.10. The summed E-state index contributed by atoms with van der Waals surface area (Å²) in [5.74, 6) is 1.36. The second-order valence-electron chi connectivity index (χ2n) is 4.90. The van der Waals surface area contributed by atoms with E-state index in [0.717, 1.165) is 11.1 Å². The van der Waals surface area contributed by atoms with Crippen LogP contribution in [0.5, 0.6) is 0 Å². The fraction of sp³-hybridized carbons (Fsp3) is 0.125. The van der Waals surface area contributed by atoms with E-state index in [1.54, 1.807) is 29.4 Å². The highest BCUT2D eigenvalue weighted by molar-refractivity contribution is 7.98. The molecule has 0 N–H and O–H groups in total. The van der Waals surface area contributed by atoms with E-state index in [-0.39, 0.29) is 0 Å². The number of pyridine rings is 1. The van der Waals surface area contributed by atoms with E-state index in [2.05, 4.69) is 20.3 Å². The fourth-order valence-corrected chi connectivity index (χ4v) is 3.41. The van der Waals surface area contributed by atoms with Gasteiger partial charge >= 0.3 is 0 Å². The zero-order chi connectivity index (χ0) is 16.9. The summed E-state index contributed by atoms with van der Waals surface area (Å²) in [6, 6.07) is 9.24. The van der Waals surface area contributed by atoms with Gasteiger partial charge in [0.15, 0.2) is 5.82 Å². The molecule has 5 nitrogen and oxygen atoms in total. The molecular formula is C16H13Cl2N5S. The van der Waals surface area contributed by atoms with Crippen molar-refractivity contribution < 1.29 is 0 Å². The second-order valence-corrected chi connectivity index (χ2v) is 6.68. The largest absolute Gasteiger partial charge is 0.264 e. The monoisotopic (exact) mass is 377 g/mol. The fourth-order valence-electron chi connectivity index (χ4n) is 1.92. The first kappa shape index (κ1) is 17.0. The van der Waals surface area contributed by atoms with Crippen LogP contribution in [0, 0.1) is 6.92 Å². The van der Waals surface area contributed by atoms with E-state index >= 15 is 0 Å². The van der Waals surface area contributed by atoms with Crippen LogP contribution < -0.4 is 0 Å². The molecule has 8 heteroatoms. The maximum absolute atomic E-state index is 6.20. The number of benzene rings is 1. The molecule has 2 heterocycles. The van der Waals surface area contributed by atoms with Gasteiger partial charge in [-0.05, 0) is 30.7 Å². The minimum Gasteiger partial charge on any atom is -0.264 e. The number of thioether (sulfide) groups is 1. The minimum absolute atomic E-state index is 0.619. The quantitative estimate of drug-likeness (QED) is 0.486. The van der Waals surface area contributed by atoms with Crippen LogP contribution in [0.15, 0.2) is 53.0 Å². The van der Waals surface area contributed by atoms with Gasteiger partial charge in [-0.2, -0.15) is 9.78 Å². The molecule has 0 fully saturated rings. The standard InChI is InChI=1S/C16H13Cl2N5S/c1-11-21-22-16(23(11)20-9-12-3-2-6-19-8-12)24-10-13-4-5-14(17)7-15(13)18/h2-9H,10H2,1H3/b20-9+. The van der Waals surface area contributed by atoms with Crippen LogP contribution in [0.1, 0.15) is 17.0 Å². The molecule has 0 aliphatic heterocycles. The topological polar surface area (TPSA) is 56.0 Å². The van der Waals surface area contributed by atoms with Crippen molar-refractivity contribution in [2.24, 2.45) is 5.10 Å². The molecule has 0 saturated heterocycles. The van der Waals surface area contributed by atoms with Gasteiger partial charge in [-0.25, -0.2) is 0 Å². The Labute approximate surface area is 153 Å². The van der Waals surface area contributed by atoms with Crippen molar-refractivity contribution in [3.63, 3.8) is 0 Å². The van der Waals surface area contributed by atoms with Gasteiger partial charge in [-0.3, -0.25) is 4.98 Å². The summed E-state index contributed by atoms with van der Waals surface area (Å²) in [6.45, 7) is 1.85. The Bertz CT molecular complexity index is 864. The van der Waals surface area contributed by atoms with E-state index < -0.39 is 0 Å². The first-order valence-electron chi connectivity index (χ1n) is 7.06. The molecule has 0 atom stereocenters. The molecule has 122 valence electrons. The molecule has 0 bridgehead atoms. The number of hydrogen-bond donors (Lipinski definition) is 0. The van der Waals surface area contributed by atoms with Crippen LogP contribution in [0.4, 0.5) is 0 Å². The van der Waals surface area contributed by atoms with E-state index in [0.29, 0.717) is 26.8 Å². The Morgan fingerprint density at radius 2 is 2.12 bits per heavy atom. The molecule has 0 aliphatic rings. The number of nitrogens with zero attached hydrogens (tertiary/aromatic N) is 5.